The molecule has 0 aromatic carbocycles. The summed E-state index contributed by atoms with van der Waals surface area (Å²) in [5.74, 6) is -2.02. The third-order valence-corrected chi connectivity index (χ3v) is 3.18. The Bertz CT molecular complexity index is 856. The van der Waals surface area contributed by atoms with Crippen LogP contribution in [-0.2, 0) is 4.79 Å². The van der Waals surface area contributed by atoms with Gasteiger partial charge in [0.25, 0.3) is 0 Å². The number of pyridine rings is 2. The maximum atomic E-state index is 14.0. The molecule has 0 saturated carbocycles. The lowest BCUT2D eigenvalue weighted by Crippen LogP contribution is -2.09. The molecule has 0 saturated heterocycles. The maximum absolute atomic E-state index is 14.0. The number of H-pyrrole nitrogens is 1. The summed E-state index contributed by atoms with van der Waals surface area (Å²) in [5, 5.41) is 0.0806. The van der Waals surface area contributed by atoms with Crippen LogP contribution in [-0.4, -0.2) is 26.5 Å². The van der Waals surface area contributed by atoms with Crippen LogP contribution in [0.1, 0.15) is 17.3 Å². The van der Waals surface area contributed by atoms with Crippen LogP contribution in [0.3, 0.4) is 0 Å². The fourth-order valence-corrected chi connectivity index (χ4v) is 2.21. The Morgan fingerprint density at radius 1 is 1.24 bits per heavy atom. The topological polar surface area (TPSA) is 75.7 Å². The first-order valence-corrected chi connectivity index (χ1v) is 6.21. The van der Waals surface area contributed by atoms with E-state index in [4.69, 9.17) is 0 Å². The molecule has 104 valence electrons. The number of carbonyl (C=O) groups is 2. The summed E-state index contributed by atoms with van der Waals surface area (Å²) in [6.45, 7) is 1.16. The minimum Gasteiger partial charge on any atom is -0.359 e. The van der Waals surface area contributed by atoms with E-state index >= 15 is 0 Å². The van der Waals surface area contributed by atoms with Crippen molar-refractivity contribution in [2.75, 3.05) is 0 Å². The van der Waals surface area contributed by atoms with Crippen LogP contribution in [0.25, 0.3) is 22.2 Å². The Balaban J connectivity index is 2.30. The molecule has 5 nitrogen and oxygen atoms in total. The Morgan fingerprint density at radius 2 is 1.95 bits per heavy atom. The van der Waals surface area contributed by atoms with Gasteiger partial charge in [-0.3, -0.25) is 19.6 Å². The van der Waals surface area contributed by atoms with Crippen LogP contribution < -0.4 is 0 Å². The van der Waals surface area contributed by atoms with Crippen molar-refractivity contribution >= 4 is 22.5 Å². The van der Waals surface area contributed by atoms with Gasteiger partial charge < -0.3 is 4.98 Å². The molecule has 3 heterocycles. The third-order valence-electron chi connectivity index (χ3n) is 3.18. The SMILES string of the molecule is CC(=O)C(=O)c1c[nH]c2c(-c3ccncc3)ncc(F)c12. The summed E-state index contributed by atoms with van der Waals surface area (Å²) in [6.07, 6.45) is 5.57. The number of aromatic nitrogens is 3. The van der Waals surface area contributed by atoms with Crippen molar-refractivity contribution in [2.24, 2.45) is 0 Å². The molecular formula is C15H10FN3O2. The van der Waals surface area contributed by atoms with Gasteiger partial charge in [0.15, 0.2) is 11.6 Å². The van der Waals surface area contributed by atoms with Gasteiger partial charge in [0.2, 0.25) is 5.78 Å². The molecule has 3 aromatic rings. The van der Waals surface area contributed by atoms with Crippen molar-refractivity contribution in [1.29, 1.82) is 0 Å². The zero-order chi connectivity index (χ0) is 15.0. The summed E-state index contributed by atoms with van der Waals surface area (Å²) in [4.78, 5) is 33.9. The number of hydrogen-bond acceptors (Lipinski definition) is 4. The second-order valence-electron chi connectivity index (χ2n) is 4.53. The zero-order valence-electron chi connectivity index (χ0n) is 11.1. The highest BCUT2D eigenvalue weighted by Crippen LogP contribution is 2.29. The number of fused-ring (bicyclic) bond motifs is 1. The minimum absolute atomic E-state index is 0.0210. The molecular weight excluding hydrogens is 273 g/mol. The van der Waals surface area contributed by atoms with E-state index in [1.54, 1.807) is 24.5 Å². The zero-order valence-corrected chi connectivity index (χ0v) is 11.1. The molecule has 21 heavy (non-hydrogen) atoms. The van der Waals surface area contributed by atoms with Crippen LogP contribution in [0, 0.1) is 5.82 Å². The number of rotatable bonds is 3. The van der Waals surface area contributed by atoms with Crippen molar-refractivity contribution in [3.05, 3.63) is 48.3 Å². The van der Waals surface area contributed by atoms with Gasteiger partial charge in [-0.15, -0.1) is 0 Å². The summed E-state index contributed by atoms with van der Waals surface area (Å²) in [7, 11) is 0. The predicted octanol–water partition coefficient (Wildman–Crippen LogP) is 2.54. The van der Waals surface area contributed by atoms with E-state index in [9.17, 15) is 14.0 Å². The molecule has 1 N–H and O–H groups in total. The number of Topliss-reactive ketones (excluding diaryl/α,β-unsaturated/α-hetero) is 2. The number of ketones is 2. The number of aromatic amines is 1. The monoisotopic (exact) mass is 283 g/mol. The van der Waals surface area contributed by atoms with Crippen LogP contribution in [0.5, 0.6) is 0 Å². The van der Waals surface area contributed by atoms with Crippen molar-refractivity contribution in [1.82, 2.24) is 15.0 Å². The van der Waals surface area contributed by atoms with Crippen LogP contribution in [0.4, 0.5) is 4.39 Å². The van der Waals surface area contributed by atoms with Gasteiger partial charge >= 0.3 is 0 Å². The summed E-state index contributed by atoms with van der Waals surface area (Å²) >= 11 is 0. The molecule has 0 unspecified atom stereocenters. The molecule has 0 atom stereocenters. The average Bonchev–Trinajstić information content (AvgIpc) is 2.93. The quantitative estimate of drug-likeness (QED) is 0.592. The molecule has 0 spiro atoms. The van der Waals surface area contributed by atoms with E-state index in [2.05, 4.69) is 15.0 Å². The molecule has 0 amide bonds. The highest BCUT2D eigenvalue weighted by atomic mass is 19.1. The fraction of sp³-hybridized carbons (Fsp3) is 0.0667. The van der Waals surface area contributed by atoms with E-state index in [0.717, 1.165) is 18.7 Å². The molecule has 0 radical (unpaired) electrons. The molecule has 0 fully saturated rings. The number of nitrogens with one attached hydrogen (secondary N) is 1. The van der Waals surface area contributed by atoms with Gasteiger partial charge in [-0.05, 0) is 12.1 Å². The number of nitrogens with zero attached hydrogens (tertiary/aromatic N) is 2. The van der Waals surface area contributed by atoms with Gasteiger partial charge in [0.05, 0.1) is 28.4 Å². The summed E-state index contributed by atoms with van der Waals surface area (Å²) in [5.41, 5.74) is 1.63. The fourth-order valence-electron chi connectivity index (χ4n) is 2.21. The largest absolute Gasteiger partial charge is 0.359 e. The van der Waals surface area contributed by atoms with E-state index < -0.39 is 17.4 Å². The Morgan fingerprint density at radius 3 is 2.62 bits per heavy atom. The number of halogens is 1. The van der Waals surface area contributed by atoms with E-state index in [0.29, 0.717) is 11.2 Å². The van der Waals surface area contributed by atoms with Crippen LogP contribution in [0.15, 0.2) is 36.9 Å². The predicted molar refractivity (Wildman–Crippen MR) is 74.3 cm³/mol. The first kappa shape index (κ1) is 13.1. The molecule has 0 aliphatic heterocycles. The molecule has 6 heteroatoms. The van der Waals surface area contributed by atoms with Gasteiger partial charge in [0, 0.05) is 31.1 Å². The van der Waals surface area contributed by atoms with Gasteiger partial charge in [0.1, 0.15) is 0 Å². The lowest BCUT2D eigenvalue weighted by atomic mass is 10.0. The summed E-state index contributed by atoms with van der Waals surface area (Å²) in [6, 6.07) is 3.46. The van der Waals surface area contributed by atoms with Crippen LogP contribution >= 0.6 is 0 Å². The lowest BCUT2D eigenvalue weighted by molar-refractivity contribution is -0.113. The molecule has 3 aromatic heterocycles. The van der Waals surface area contributed by atoms with E-state index in [1.807, 2.05) is 0 Å². The summed E-state index contributed by atoms with van der Waals surface area (Å²) < 4.78 is 14.0. The van der Waals surface area contributed by atoms with Gasteiger partial charge in [-0.1, -0.05) is 0 Å². The highest BCUT2D eigenvalue weighted by molar-refractivity contribution is 6.45. The van der Waals surface area contributed by atoms with Gasteiger partial charge in [-0.25, -0.2) is 4.39 Å². The van der Waals surface area contributed by atoms with Crippen molar-refractivity contribution in [3.63, 3.8) is 0 Å². The number of hydrogen-bond donors (Lipinski definition) is 1. The lowest BCUT2D eigenvalue weighted by Gasteiger charge is -2.03. The molecule has 0 aliphatic carbocycles. The van der Waals surface area contributed by atoms with Crippen molar-refractivity contribution in [2.45, 2.75) is 6.92 Å². The second-order valence-corrected chi connectivity index (χ2v) is 4.53. The van der Waals surface area contributed by atoms with E-state index in [-0.39, 0.29) is 10.9 Å². The smallest absolute Gasteiger partial charge is 0.230 e. The first-order chi connectivity index (χ1) is 10.1. The standard InChI is InChI=1S/C15H10FN3O2/c1-8(20)15(21)10-6-18-14-12(10)11(16)7-19-13(14)9-2-4-17-5-3-9/h2-7,18H,1H3. The molecule has 0 aliphatic rings. The normalized spacial score (nSPS) is 10.8. The van der Waals surface area contributed by atoms with E-state index in [1.165, 1.54) is 6.20 Å². The molecule has 3 rings (SSSR count). The highest BCUT2D eigenvalue weighted by Gasteiger charge is 2.21. The van der Waals surface area contributed by atoms with Crippen molar-refractivity contribution in [3.8, 4) is 11.3 Å². The first-order valence-electron chi connectivity index (χ1n) is 6.21. The minimum atomic E-state index is -0.730. The Labute approximate surface area is 118 Å². The molecule has 0 bridgehead atoms. The second kappa shape index (κ2) is 4.90. The average molecular weight is 283 g/mol. The van der Waals surface area contributed by atoms with Crippen LogP contribution in [0.2, 0.25) is 0 Å². The maximum Gasteiger partial charge on any atom is 0.230 e. The van der Waals surface area contributed by atoms with Gasteiger partial charge in [-0.2, -0.15) is 0 Å². The Kier molecular flexibility index (Phi) is 3.06. The van der Waals surface area contributed by atoms with Crippen molar-refractivity contribution < 1.29 is 14.0 Å². The third kappa shape index (κ3) is 2.10. The Hall–Kier alpha value is -2.89. The number of carbonyl (C=O) groups excluding carboxylic acids is 2.